The average Bonchev–Trinajstić information content (AvgIpc) is 2.77. The first-order valence-electron chi connectivity index (χ1n) is 13.5. The summed E-state index contributed by atoms with van der Waals surface area (Å²) >= 11 is 0. The van der Waals surface area contributed by atoms with E-state index in [2.05, 4.69) is 103 Å². The Bertz CT molecular complexity index is 1090. The zero-order valence-corrected chi connectivity index (χ0v) is 24.5. The van der Waals surface area contributed by atoms with Gasteiger partial charge in [-0.25, -0.2) is 4.79 Å². The number of hydrogen-bond acceptors (Lipinski definition) is 2. The summed E-state index contributed by atoms with van der Waals surface area (Å²) in [6.07, 6.45) is 7.95. The quantitative estimate of drug-likeness (QED) is 0.299. The fourth-order valence-electron chi connectivity index (χ4n) is 4.30. The lowest BCUT2D eigenvalue weighted by molar-refractivity contribution is 0.253. The number of rotatable bonds is 9. The topological polar surface area (TPSA) is 61.4 Å². The number of hydrogen-bond donors (Lipinski definition) is 3. The second-order valence-electron chi connectivity index (χ2n) is 12.4. The summed E-state index contributed by atoms with van der Waals surface area (Å²) in [5, 5.41) is 17.0. The molecule has 2 amide bonds. The Kier molecular flexibility index (Phi) is 10.6. The van der Waals surface area contributed by atoms with Crippen molar-refractivity contribution in [1.82, 2.24) is 5.32 Å². The molecule has 0 atom stereocenters. The number of phenolic OH excluding ortho intramolecular Hbond substituents is 1. The maximum absolute atomic E-state index is 12.6. The molecule has 2 aromatic carbocycles. The summed E-state index contributed by atoms with van der Waals surface area (Å²) in [6.45, 7) is 19.6. The van der Waals surface area contributed by atoms with Gasteiger partial charge in [0.1, 0.15) is 5.75 Å². The summed E-state index contributed by atoms with van der Waals surface area (Å²) in [7, 11) is 0. The van der Waals surface area contributed by atoms with Gasteiger partial charge in [0.2, 0.25) is 0 Å². The highest BCUT2D eigenvalue weighted by molar-refractivity contribution is 5.90. The molecule has 4 heteroatoms. The predicted molar refractivity (Wildman–Crippen MR) is 159 cm³/mol. The van der Waals surface area contributed by atoms with Crippen LogP contribution < -0.4 is 10.6 Å². The fourth-order valence-corrected chi connectivity index (χ4v) is 4.30. The van der Waals surface area contributed by atoms with E-state index >= 15 is 0 Å². The maximum Gasteiger partial charge on any atom is 0.319 e. The molecule has 202 valence electrons. The van der Waals surface area contributed by atoms with Gasteiger partial charge in [-0.05, 0) is 85.6 Å². The van der Waals surface area contributed by atoms with E-state index in [9.17, 15) is 9.90 Å². The Morgan fingerprint density at radius 3 is 2.05 bits per heavy atom. The van der Waals surface area contributed by atoms with E-state index < -0.39 is 0 Å². The van der Waals surface area contributed by atoms with Gasteiger partial charge in [-0.15, -0.1) is 0 Å². The average molecular weight is 505 g/mol. The smallest absolute Gasteiger partial charge is 0.319 e. The van der Waals surface area contributed by atoms with Gasteiger partial charge in [-0.2, -0.15) is 0 Å². The van der Waals surface area contributed by atoms with Crippen LogP contribution in [0.4, 0.5) is 10.5 Å². The second-order valence-corrected chi connectivity index (χ2v) is 12.4. The van der Waals surface area contributed by atoms with E-state index in [0.29, 0.717) is 12.3 Å². The molecule has 0 heterocycles. The van der Waals surface area contributed by atoms with E-state index in [0.717, 1.165) is 48.1 Å². The van der Waals surface area contributed by atoms with Crippen molar-refractivity contribution in [3.63, 3.8) is 0 Å². The van der Waals surface area contributed by atoms with Gasteiger partial charge in [0.15, 0.2) is 0 Å². The van der Waals surface area contributed by atoms with Gasteiger partial charge in [0, 0.05) is 12.2 Å². The van der Waals surface area contributed by atoms with Crippen LogP contribution >= 0.6 is 0 Å². The highest BCUT2D eigenvalue weighted by Crippen LogP contribution is 2.40. The molecule has 0 fully saturated rings. The van der Waals surface area contributed by atoms with Gasteiger partial charge in [-0.3, -0.25) is 0 Å². The Balaban J connectivity index is 2.09. The van der Waals surface area contributed by atoms with Crippen LogP contribution in [-0.2, 0) is 23.7 Å². The van der Waals surface area contributed by atoms with E-state index in [1.165, 1.54) is 16.7 Å². The standard InChI is InChI=1S/C33H48N2O2/c1-23(2)13-12-14-24(3)19-20-34-31(37)35-29-16-11-10-15-26(29)18-17-25-21-27(32(4,5)6)30(36)28(22-25)33(7,8)9/h10-11,13,15-16,19,21-22,36H,12,14,17-18,20H2,1-9H3,(H2,34,35,37). The molecular formula is C33H48N2O2. The molecule has 3 N–H and O–H groups in total. The predicted octanol–water partition coefficient (Wildman–Crippen LogP) is 8.59. The summed E-state index contributed by atoms with van der Waals surface area (Å²) < 4.78 is 0. The number of carbonyl (C=O) groups is 1. The van der Waals surface area contributed by atoms with Crippen LogP contribution in [0.25, 0.3) is 0 Å². The minimum atomic E-state index is -0.199. The fraction of sp³-hybridized carbons (Fsp3) is 0.485. The van der Waals surface area contributed by atoms with Crippen molar-refractivity contribution in [2.75, 3.05) is 11.9 Å². The molecule has 37 heavy (non-hydrogen) atoms. The SMILES string of the molecule is CC(C)=CCCC(C)=CCNC(=O)Nc1ccccc1CCc1cc(C(C)(C)C)c(O)c(C(C)(C)C)c1. The number of anilines is 1. The van der Waals surface area contributed by atoms with Gasteiger partial charge in [0.25, 0.3) is 0 Å². The van der Waals surface area contributed by atoms with Gasteiger partial charge < -0.3 is 15.7 Å². The first-order valence-corrected chi connectivity index (χ1v) is 13.5. The third kappa shape index (κ3) is 9.76. The summed E-state index contributed by atoms with van der Waals surface area (Å²) in [6, 6.07) is 12.1. The molecule has 2 aromatic rings. The van der Waals surface area contributed by atoms with Gasteiger partial charge in [0.05, 0.1) is 0 Å². The van der Waals surface area contributed by atoms with Crippen LogP contribution in [-0.4, -0.2) is 17.7 Å². The molecule has 4 nitrogen and oxygen atoms in total. The van der Waals surface area contributed by atoms with E-state index in [1.54, 1.807) is 0 Å². The summed E-state index contributed by atoms with van der Waals surface area (Å²) in [4.78, 5) is 12.6. The number of aryl methyl sites for hydroxylation is 2. The molecule has 0 aliphatic rings. The highest BCUT2D eigenvalue weighted by atomic mass is 16.3. The van der Waals surface area contributed by atoms with Gasteiger partial charge in [-0.1, -0.05) is 95.2 Å². The van der Waals surface area contributed by atoms with Crippen LogP contribution in [0.5, 0.6) is 5.75 Å². The Hall–Kier alpha value is -3.01. The molecule has 0 saturated carbocycles. The van der Waals surface area contributed by atoms with Crippen molar-refractivity contribution in [3.8, 4) is 5.75 Å². The first-order chi connectivity index (χ1) is 17.2. The van der Waals surface area contributed by atoms with Crippen molar-refractivity contribution < 1.29 is 9.90 Å². The molecule has 0 aliphatic carbocycles. The first kappa shape index (κ1) is 30.2. The number of benzene rings is 2. The lowest BCUT2D eigenvalue weighted by Gasteiger charge is -2.28. The van der Waals surface area contributed by atoms with Crippen LogP contribution in [0.15, 0.2) is 59.7 Å². The molecule has 0 spiro atoms. The minimum Gasteiger partial charge on any atom is -0.507 e. The highest BCUT2D eigenvalue weighted by Gasteiger charge is 2.26. The van der Waals surface area contributed by atoms with Crippen molar-refractivity contribution in [3.05, 3.63) is 82.0 Å². The Labute approximate surface area is 225 Å². The zero-order valence-electron chi connectivity index (χ0n) is 24.5. The van der Waals surface area contributed by atoms with Crippen LogP contribution in [0.2, 0.25) is 0 Å². The van der Waals surface area contributed by atoms with Crippen LogP contribution in [0.1, 0.15) is 97.4 Å². The minimum absolute atomic E-state index is 0.157. The number of urea groups is 1. The summed E-state index contributed by atoms with van der Waals surface area (Å²) in [5.74, 6) is 0.406. The number of nitrogens with one attached hydrogen (secondary N) is 2. The molecule has 2 rings (SSSR count). The van der Waals surface area contributed by atoms with E-state index in [-0.39, 0.29) is 16.9 Å². The molecule has 0 aromatic heterocycles. The van der Waals surface area contributed by atoms with Crippen molar-refractivity contribution in [1.29, 1.82) is 0 Å². The Morgan fingerprint density at radius 2 is 1.49 bits per heavy atom. The molecule has 0 bridgehead atoms. The molecular weight excluding hydrogens is 456 g/mol. The maximum atomic E-state index is 12.6. The van der Waals surface area contributed by atoms with Crippen molar-refractivity contribution in [2.24, 2.45) is 0 Å². The third-order valence-corrected chi connectivity index (χ3v) is 6.54. The number of allylic oxidation sites excluding steroid dienone is 3. The normalized spacial score (nSPS) is 12.3. The van der Waals surface area contributed by atoms with Crippen molar-refractivity contribution in [2.45, 2.75) is 98.8 Å². The number of phenols is 1. The monoisotopic (exact) mass is 504 g/mol. The Morgan fingerprint density at radius 1 is 0.892 bits per heavy atom. The number of aromatic hydroxyl groups is 1. The lowest BCUT2D eigenvalue weighted by atomic mass is 9.78. The number of carbonyl (C=O) groups excluding carboxylic acids is 1. The molecule has 0 radical (unpaired) electrons. The number of para-hydroxylation sites is 1. The largest absolute Gasteiger partial charge is 0.507 e. The second kappa shape index (κ2) is 13.0. The van der Waals surface area contributed by atoms with Crippen LogP contribution in [0.3, 0.4) is 0 Å². The molecule has 0 aliphatic heterocycles. The number of amides is 2. The lowest BCUT2D eigenvalue weighted by Crippen LogP contribution is -2.29. The zero-order chi connectivity index (χ0) is 27.8. The van der Waals surface area contributed by atoms with Gasteiger partial charge >= 0.3 is 6.03 Å². The van der Waals surface area contributed by atoms with Crippen LogP contribution in [0, 0.1) is 0 Å². The van der Waals surface area contributed by atoms with E-state index in [4.69, 9.17) is 0 Å². The third-order valence-electron chi connectivity index (χ3n) is 6.54. The molecule has 0 saturated heterocycles. The van der Waals surface area contributed by atoms with E-state index in [1.807, 2.05) is 18.2 Å². The van der Waals surface area contributed by atoms with Crippen molar-refractivity contribution >= 4 is 11.7 Å². The summed E-state index contributed by atoms with van der Waals surface area (Å²) in [5.41, 5.74) is 7.36. The molecule has 0 unspecified atom stereocenters.